The molecule has 0 aromatic heterocycles. The molecule has 0 spiro atoms. The van der Waals surface area contributed by atoms with Crippen LogP contribution >= 0.6 is 11.6 Å². The summed E-state index contributed by atoms with van der Waals surface area (Å²) in [6.45, 7) is 0. The molecule has 0 fully saturated rings. The highest BCUT2D eigenvalue weighted by molar-refractivity contribution is 6.33. The van der Waals surface area contributed by atoms with Crippen LogP contribution in [0.4, 0.5) is 0 Å². The number of hydrogen-bond donors (Lipinski definition) is 2. The summed E-state index contributed by atoms with van der Waals surface area (Å²) in [7, 11) is 0. The van der Waals surface area contributed by atoms with Crippen molar-refractivity contribution < 1.29 is 19.8 Å². The highest BCUT2D eigenvalue weighted by Gasteiger charge is 2.14. The van der Waals surface area contributed by atoms with E-state index >= 15 is 0 Å². The van der Waals surface area contributed by atoms with Gasteiger partial charge in [-0.15, -0.1) is 0 Å². The molecular formula is C9H7ClO4. The first-order valence-corrected chi connectivity index (χ1v) is 4.12. The number of ketones is 1. The van der Waals surface area contributed by atoms with Gasteiger partial charge in [-0.1, -0.05) is 11.6 Å². The molecular weight excluding hydrogens is 208 g/mol. The Labute approximate surface area is 84.7 Å². The zero-order valence-electron chi connectivity index (χ0n) is 7.03. The van der Waals surface area contributed by atoms with Crippen molar-refractivity contribution in [2.45, 2.75) is 6.42 Å². The maximum Gasteiger partial charge on any atom is 0.372 e. The average Bonchev–Trinajstić information content (AvgIpc) is 2.11. The molecule has 14 heavy (non-hydrogen) atoms. The van der Waals surface area contributed by atoms with E-state index in [-0.39, 0.29) is 17.7 Å². The Morgan fingerprint density at radius 1 is 1.36 bits per heavy atom. The van der Waals surface area contributed by atoms with Gasteiger partial charge in [0.15, 0.2) is 0 Å². The molecule has 74 valence electrons. The van der Waals surface area contributed by atoms with Gasteiger partial charge in [-0.3, -0.25) is 4.79 Å². The van der Waals surface area contributed by atoms with Crippen molar-refractivity contribution >= 4 is 23.4 Å². The lowest BCUT2D eigenvalue weighted by molar-refractivity contribution is -0.148. The summed E-state index contributed by atoms with van der Waals surface area (Å²) in [5, 5.41) is 17.9. The van der Waals surface area contributed by atoms with Crippen LogP contribution in [0.5, 0.6) is 5.75 Å². The number of aliphatic carboxylic acids is 1. The largest absolute Gasteiger partial charge is 0.508 e. The third-order valence-corrected chi connectivity index (χ3v) is 1.87. The minimum atomic E-state index is -1.52. The van der Waals surface area contributed by atoms with Gasteiger partial charge in [0.25, 0.3) is 0 Å². The van der Waals surface area contributed by atoms with Gasteiger partial charge in [0.2, 0.25) is 5.78 Å². The van der Waals surface area contributed by atoms with E-state index in [0.29, 0.717) is 5.02 Å². The molecule has 4 nitrogen and oxygen atoms in total. The van der Waals surface area contributed by atoms with Crippen LogP contribution in [0, 0.1) is 0 Å². The number of carbonyl (C=O) groups excluding carboxylic acids is 1. The number of carboxylic acids is 1. The number of halogens is 1. The van der Waals surface area contributed by atoms with Gasteiger partial charge in [0.1, 0.15) is 5.75 Å². The molecule has 1 rings (SSSR count). The summed E-state index contributed by atoms with van der Waals surface area (Å²) in [6, 6.07) is 4.12. The van der Waals surface area contributed by atoms with Gasteiger partial charge in [-0.05, 0) is 18.2 Å². The van der Waals surface area contributed by atoms with Crippen molar-refractivity contribution in [2.24, 2.45) is 0 Å². The molecule has 1 aromatic carbocycles. The monoisotopic (exact) mass is 214 g/mol. The molecule has 0 saturated carbocycles. The molecule has 2 N–H and O–H groups in total. The van der Waals surface area contributed by atoms with E-state index in [1.165, 1.54) is 18.2 Å². The van der Waals surface area contributed by atoms with Crippen LogP contribution < -0.4 is 0 Å². The van der Waals surface area contributed by atoms with E-state index in [2.05, 4.69) is 0 Å². The lowest BCUT2D eigenvalue weighted by Gasteiger charge is -2.01. The number of benzene rings is 1. The molecule has 0 aliphatic heterocycles. The SMILES string of the molecule is O=C(O)C(=O)Cc1cc(Cl)ccc1O. The van der Waals surface area contributed by atoms with Crippen LogP contribution in [0.3, 0.4) is 0 Å². The molecule has 0 amide bonds. The number of rotatable bonds is 3. The third-order valence-electron chi connectivity index (χ3n) is 1.63. The molecule has 0 radical (unpaired) electrons. The van der Waals surface area contributed by atoms with Gasteiger partial charge in [0, 0.05) is 17.0 Å². The molecule has 0 unspecified atom stereocenters. The predicted octanol–water partition coefficient (Wildman–Crippen LogP) is 1.24. The fourth-order valence-electron chi connectivity index (χ4n) is 0.944. The number of carbonyl (C=O) groups is 2. The molecule has 1 aromatic rings. The maximum atomic E-state index is 10.8. The van der Waals surface area contributed by atoms with Crippen LogP contribution in [-0.4, -0.2) is 22.0 Å². The van der Waals surface area contributed by atoms with Gasteiger partial charge >= 0.3 is 5.97 Å². The number of phenols is 1. The van der Waals surface area contributed by atoms with Crippen molar-refractivity contribution in [3.8, 4) is 5.75 Å². The Bertz CT molecular complexity index is 386. The Kier molecular flexibility index (Phi) is 3.09. The Morgan fingerprint density at radius 3 is 2.57 bits per heavy atom. The Morgan fingerprint density at radius 2 is 2.00 bits per heavy atom. The fourth-order valence-corrected chi connectivity index (χ4v) is 1.14. The Hall–Kier alpha value is -1.55. The zero-order valence-corrected chi connectivity index (χ0v) is 7.78. The van der Waals surface area contributed by atoms with Gasteiger partial charge in [-0.2, -0.15) is 0 Å². The summed E-state index contributed by atoms with van der Waals surface area (Å²) in [5.74, 6) is -2.64. The number of carboxylic acid groups (broad SMARTS) is 1. The van der Waals surface area contributed by atoms with Crippen LogP contribution in [-0.2, 0) is 16.0 Å². The fraction of sp³-hybridized carbons (Fsp3) is 0.111. The van der Waals surface area contributed by atoms with E-state index < -0.39 is 11.8 Å². The van der Waals surface area contributed by atoms with E-state index in [9.17, 15) is 14.7 Å². The summed E-state index contributed by atoms with van der Waals surface area (Å²) < 4.78 is 0. The van der Waals surface area contributed by atoms with Crippen molar-refractivity contribution in [3.63, 3.8) is 0 Å². The molecule has 0 saturated heterocycles. The summed E-state index contributed by atoms with van der Waals surface area (Å²) >= 11 is 5.61. The summed E-state index contributed by atoms with van der Waals surface area (Å²) in [4.78, 5) is 21.1. The number of hydrogen-bond acceptors (Lipinski definition) is 3. The van der Waals surface area contributed by atoms with Crippen molar-refractivity contribution in [2.75, 3.05) is 0 Å². The average molecular weight is 215 g/mol. The van der Waals surface area contributed by atoms with Gasteiger partial charge < -0.3 is 10.2 Å². The minimum absolute atomic E-state index is 0.135. The molecule has 0 aliphatic carbocycles. The van der Waals surface area contributed by atoms with E-state index in [1.54, 1.807) is 0 Å². The van der Waals surface area contributed by atoms with E-state index in [0.717, 1.165) is 0 Å². The lowest BCUT2D eigenvalue weighted by Crippen LogP contribution is -2.15. The maximum absolute atomic E-state index is 10.8. The van der Waals surface area contributed by atoms with Gasteiger partial charge in [0.05, 0.1) is 0 Å². The van der Waals surface area contributed by atoms with Crippen LogP contribution in [0.15, 0.2) is 18.2 Å². The number of phenolic OH excluding ortho intramolecular Hbond substituents is 1. The summed E-state index contributed by atoms with van der Waals surface area (Å²) in [5.41, 5.74) is 0.213. The Balaban J connectivity index is 2.91. The van der Waals surface area contributed by atoms with Crippen LogP contribution in [0.2, 0.25) is 5.02 Å². The third kappa shape index (κ3) is 2.47. The predicted molar refractivity (Wildman–Crippen MR) is 49.5 cm³/mol. The first kappa shape index (κ1) is 10.5. The molecule has 5 heteroatoms. The van der Waals surface area contributed by atoms with Crippen LogP contribution in [0.25, 0.3) is 0 Å². The van der Waals surface area contributed by atoms with Crippen molar-refractivity contribution in [3.05, 3.63) is 28.8 Å². The second kappa shape index (κ2) is 4.11. The normalized spacial score (nSPS) is 9.79. The van der Waals surface area contributed by atoms with Crippen molar-refractivity contribution in [1.82, 2.24) is 0 Å². The highest BCUT2D eigenvalue weighted by atomic mass is 35.5. The summed E-state index contributed by atoms with van der Waals surface area (Å²) in [6.07, 6.45) is -0.359. The molecule has 0 bridgehead atoms. The minimum Gasteiger partial charge on any atom is -0.508 e. The molecule has 0 aliphatic rings. The smallest absolute Gasteiger partial charge is 0.372 e. The zero-order chi connectivity index (χ0) is 10.7. The van der Waals surface area contributed by atoms with E-state index in [1.807, 2.05) is 0 Å². The van der Waals surface area contributed by atoms with Gasteiger partial charge in [-0.25, -0.2) is 4.79 Å². The highest BCUT2D eigenvalue weighted by Crippen LogP contribution is 2.21. The molecule has 0 atom stereocenters. The quantitative estimate of drug-likeness (QED) is 0.743. The number of aromatic hydroxyl groups is 1. The standard InChI is InChI=1S/C9H7ClO4/c10-6-1-2-7(11)5(3-6)4-8(12)9(13)14/h1-3,11H,4H2,(H,13,14). The number of Topliss-reactive ketones (excluding diaryl/α,β-unsaturated/α-hetero) is 1. The first-order chi connectivity index (χ1) is 6.50. The lowest BCUT2D eigenvalue weighted by atomic mass is 10.1. The van der Waals surface area contributed by atoms with E-state index in [4.69, 9.17) is 16.7 Å². The van der Waals surface area contributed by atoms with Crippen molar-refractivity contribution in [1.29, 1.82) is 0 Å². The van der Waals surface area contributed by atoms with Crippen LogP contribution in [0.1, 0.15) is 5.56 Å². The topological polar surface area (TPSA) is 74.6 Å². The second-order valence-corrected chi connectivity index (χ2v) is 3.11. The second-order valence-electron chi connectivity index (χ2n) is 2.68. The molecule has 0 heterocycles. The first-order valence-electron chi connectivity index (χ1n) is 3.74.